The summed E-state index contributed by atoms with van der Waals surface area (Å²) in [5, 5.41) is 20.0. The van der Waals surface area contributed by atoms with Crippen LogP contribution in [0.3, 0.4) is 0 Å². The third-order valence-electron chi connectivity index (χ3n) is 6.14. The zero-order chi connectivity index (χ0) is 26.1. The molecule has 2 rings (SSSR count). The Morgan fingerprint density at radius 2 is 1.66 bits per heavy atom. The molecule has 1 aromatic rings. The van der Waals surface area contributed by atoms with E-state index in [1.54, 1.807) is 13.8 Å². The van der Waals surface area contributed by atoms with Crippen molar-refractivity contribution in [2.24, 2.45) is 0 Å². The van der Waals surface area contributed by atoms with Crippen LogP contribution in [0.15, 0.2) is 33.7 Å². The maximum Gasteiger partial charge on any atom is 0.271 e. The molecule has 0 aromatic carbocycles. The van der Waals surface area contributed by atoms with Crippen molar-refractivity contribution in [3.8, 4) is 11.9 Å². The van der Waals surface area contributed by atoms with Crippen LogP contribution in [0.25, 0.3) is 10.9 Å². The number of pyridine rings is 1. The summed E-state index contributed by atoms with van der Waals surface area (Å²) in [5.41, 5.74) is 0.602. The number of nitrogens with zero attached hydrogens (tertiary/aromatic N) is 4. The summed E-state index contributed by atoms with van der Waals surface area (Å²) in [4.78, 5) is 43.3. The number of aromatic hydroxyl groups is 1. The largest absolute Gasteiger partial charge is 0.503 e. The highest BCUT2D eigenvalue weighted by atomic mass is 16.3. The van der Waals surface area contributed by atoms with Crippen LogP contribution in [-0.4, -0.2) is 32.9 Å². The van der Waals surface area contributed by atoms with Crippen LogP contribution in [0.5, 0.6) is 5.88 Å². The van der Waals surface area contributed by atoms with Crippen LogP contribution in [-0.2, 0) is 16.1 Å². The van der Waals surface area contributed by atoms with Gasteiger partial charge in [0.1, 0.15) is 11.6 Å². The van der Waals surface area contributed by atoms with Gasteiger partial charge in [0.25, 0.3) is 17.4 Å². The van der Waals surface area contributed by atoms with Gasteiger partial charge in [-0.1, -0.05) is 51.7 Å². The molecule has 0 saturated heterocycles. The number of allylic oxidation sites excluding steroid dienone is 2. The molecule has 1 aliphatic rings. The number of hydrogen-bond acceptors (Lipinski definition) is 5. The quantitative estimate of drug-likeness (QED) is 0.223. The summed E-state index contributed by atoms with van der Waals surface area (Å²) < 4.78 is 1.21. The van der Waals surface area contributed by atoms with Crippen LogP contribution in [0.1, 0.15) is 70.4 Å². The van der Waals surface area contributed by atoms with Crippen LogP contribution < -0.4 is 5.56 Å². The standard InChI is InChI=1S/C27H32N4O4/c1-6-8-10-15-30-24(32)20(18(3)22(17-28)26(30)34)13-12-14-21-19(4)23(29-5)27(35)31(25(21)33)16-11-9-7-2/h12-14,35H,6-11,15-16H2,1-4H3. The molecule has 2 amide bonds. The van der Waals surface area contributed by atoms with Gasteiger partial charge >= 0.3 is 0 Å². The summed E-state index contributed by atoms with van der Waals surface area (Å²) in [5.74, 6) is -1.40. The molecule has 0 fully saturated rings. The molecule has 35 heavy (non-hydrogen) atoms. The molecule has 1 aromatic heterocycles. The topological polar surface area (TPSA) is 108 Å². The van der Waals surface area contributed by atoms with Crippen molar-refractivity contribution in [3.63, 3.8) is 0 Å². The highest BCUT2D eigenvalue weighted by molar-refractivity contribution is 6.18. The molecule has 0 unspecified atom stereocenters. The number of rotatable bonds is 10. The summed E-state index contributed by atoms with van der Waals surface area (Å²) in [6.45, 7) is 15.2. The van der Waals surface area contributed by atoms with Crippen molar-refractivity contribution in [1.29, 1.82) is 5.26 Å². The first kappa shape index (κ1) is 27.3. The molecule has 8 nitrogen and oxygen atoms in total. The number of carbonyl (C=O) groups excluding carboxylic acids is 2. The lowest BCUT2D eigenvalue weighted by Gasteiger charge is -2.27. The maximum absolute atomic E-state index is 13.1. The second-order valence-electron chi connectivity index (χ2n) is 8.51. The average Bonchev–Trinajstić information content (AvgIpc) is 2.83. The molecule has 2 heterocycles. The average molecular weight is 477 g/mol. The molecule has 0 saturated carbocycles. The highest BCUT2D eigenvalue weighted by Gasteiger charge is 2.34. The van der Waals surface area contributed by atoms with Gasteiger partial charge in [-0.3, -0.25) is 23.9 Å². The van der Waals surface area contributed by atoms with E-state index in [0.29, 0.717) is 30.5 Å². The van der Waals surface area contributed by atoms with Gasteiger partial charge in [0.15, 0.2) is 5.88 Å². The minimum Gasteiger partial charge on any atom is -0.503 e. The van der Waals surface area contributed by atoms with Crippen LogP contribution in [0.4, 0.5) is 5.69 Å². The van der Waals surface area contributed by atoms with Crippen LogP contribution in [0.2, 0.25) is 0 Å². The summed E-state index contributed by atoms with van der Waals surface area (Å²) in [7, 11) is 0. The van der Waals surface area contributed by atoms with E-state index in [4.69, 9.17) is 6.57 Å². The van der Waals surface area contributed by atoms with Gasteiger partial charge < -0.3 is 5.11 Å². The van der Waals surface area contributed by atoms with E-state index in [1.165, 1.54) is 22.8 Å². The number of aromatic nitrogens is 1. The first-order chi connectivity index (χ1) is 16.7. The fourth-order valence-corrected chi connectivity index (χ4v) is 4.00. The Balaban J connectivity index is 2.52. The Labute approximate surface area is 206 Å². The molecule has 0 atom stereocenters. The van der Waals surface area contributed by atoms with Crippen LogP contribution >= 0.6 is 0 Å². The van der Waals surface area contributed by atoms with Crippen LogP contribution in [0, 0.1) is 24.8 Å². The summed E-state index contributed by atoms with van der Waals surface area (Å²) in [6.07, 6.45) is 9.45. The summed E-state index contributed by atoms with van der Waals surface area (Å²) >= 11 is 0. The number of nitriles is 1. The molecule has 1 aliphatic heterocycles. The Hall–Kier alpha value is -3.91. The predicted octanol–water partition coefficient (Wildman–Crippen LogP) is 4.94. The molecular weight excluding hydrogens is 444 g/mol. The maximum atomic E-state index is 13.1. The van der Waals surface area contributed by atoms with E-state index in [9.17, 15) is 24.8 Å². The minimum absolute atomic E-state index is 0.0117. The Bertz CT molecular complexity index is 1240. The normalized spacial score (nSPS) is 15.3. The number of unbranched alkanes of at least 4 members (excludes halogenated alkanes) is 4. The molecule has 0 spiro atoms. The highest BCUT2D eigenvalue weighted by Crippen LogP contribution is 2.31. The van der Waals surface area contributed by atoms with E-state index in [1.807, 2.05) is 19.9 Å². The first-order valence-electron chi connectivity index (χ1n) is 11.9. The summed E-state index contributed by atoms with van der Waals surface area (Å²) in [6, 6.07) is 1.91. The van der Waals surface area contributed by atoms with Gasteiger partial charge in [0, 0.05) is 24.2 Å². The van der Waals surface area contributed by atoms with Crippen molar-refractivity contribution < 1.29 is 14.7 Å². The van der Waals surface area contributed by atoms with Crippen molar-refractivity contribution in [1.82, 2.24) is 9.47 Å². The lowest BCUT2D eigenvalue weighted by Crippen LogP contribution is -2.43. The predicted molar refractivity (Wildman–Crippen MR) is 135 cm³/mol. The van der Waals surface area contributed by atoms with Crippen molar-refractivity contribution in [2.45, 2.75) is 72.8 Å². The van der Waals surface area contributed by atoms with Gasteiger partial charge in [-0.15, -0.1) is 0 Å². The third-order valence-corrected chi connectivity index (χ3v) is 6.14. The second-order valence-corrected chi connectivity index (χ2v) is 8.51. The van der Waals surface area contributed by atoms with E-state index in [0.717, 1.165) is 30.6 Å². The lowest BCUT2D eigenvalue weighted by atomic mass is 9.94. The molecule has 184 valence electrons. The van der Waals surface area contributed by atoms with Crippen molar-refractivity contribution in [2.75, 3.05) is 6.54 Å². The fraction of sp³-hybridized carbons (Fsp3) is 0.444. The monoisotopic (exact) mass is 476 g/mol. The van der Waals surface area contributed by atoms with Crippen molar-refractivity contribution in [3.05, 3.63) is 61.8 Å². The number of carbonyl (C=O) groups is 2. The number of hydrogen-bond donors (Lipinski definition) is 1. The molecule has 0 radical (unpaired) electrons. The molecule has 8 heteroatoms. The minimum atomic E-state index is -0.585. The Kier molecular flexibility index (Phi) is 9.78. The van der Waals surface area contributed by atoms with E-state index >= 15 is 0 Å². The van der Waals surface area contributed by atoms with Crippen molar-refractivity contribution >= 4 is 23.6 Å². The van der Waals surface area contributed by atoms with E-state index in [2.05, 4.69) is 4.85 Å². The number of amides is 2. The first-order valence-corrected chi connectivity index (χ1v) is 11.9. The molecule has 1 N–H and O–H groups in total. The Morgan fingerprint density at radius 1 is 1.03 bits per heavy atom. The molecular formula is C27H32N4O4. The van der Waals surface area contributed by atoms with E-state index in [-0.39, 0.29) is 34.8 Å². The van der Waals surface area contributed by atoms with Gasteiger partial charge in [0.05, 0.1) is 6.57 Å². The van der Waals surface area contributed by atoms with Gasteiger partial charge in [-0.25, -0.2) is 4.85 Å². The molecule has 0 bridgehead atoms. The zero-order valence-electron chi connectivity index (χ0n) is 20.8. The molecule has 0 aliphatic carbocycles. The second kappa shape index (κ2) is 12.5. The lowest BCUT2D eigenvalue weighted by molar-refractivity contribution is -0.140. The SMILES string of the molecule is [C-]#[N+]c1c(C)c(C=CC=C2C(=O)N(CCCCC)C(=O)C(C#N)=C2C)c(=O)n(CCCCC)c1O. The van der Waals surface area contributed by atoms with Gasteiger partial charge in [-0.05, 0) is 43.9 Å². The smallest absolute Gasteiger partial charge is 0.271 e. The zero-order valence-corrected chi connectivity index (χ0v) is 20.8. The van der Waals surface area contributed by atoms with Gasteiger partial charge in [-0.2, -0.15) is 5.26 Å². The fourth-order valence-electron chi connectivity index (χ4n) is 4.00. The third kappa shape index (κ3) is 5.78. The van der Waals surface area contributed by atoms with E-state index < -0.39 is 17.4 Å². The Morgan fingerprint density at radius 3 is 2.23 bits per heavy atom. The van der Waals surface area contributed by atoms with Gasteiger partial charge in [0.2, 0.25) is 5.69 Å². The number of imide groups is 1.